The summed E-state index contributed by atoms with van der Waals surface area (Å²) < 4.78 is 0. The standard InChI is InChI=1S/C10H13N3O3/c14-7-2-1-3-13(5-7)9-4-8(10(15)16)11-6-12-9/h4,6-7,14H,1-3,5H2,(H,15,16). The van der Waals surface area contributed by atoms with Crippen LogP contribution in [0.5, 0.6) is 0 Å². The zero-order valence-electron chi connectivity index (χ0n) is 8.70. The van der Waals surface area contributed by atoms with E-state index in [1.165, 1.54) is 12.4 Å². The van der Waals surface area contributed by atoms with Gasteiger partial charge in [-0.05, 0) is 12.8 Å². The molecule has 1 aliphatic rings. The first-order chi connectivity index (χ1) is 7.66. The Bertz CT molecular complexity index is 397. The van der Waals surface area contributed by atoms with Gasteiger partial charge in [-0.25, -0.2) is 14.8 Å². The van der Waals surface area contributed by atoms with E-state index < -0.39 is 5.97 Å². The summed E-state index contributed by atoms with van der Waals surface area (Å²) in [6.45, 7) is 1.28. The molecule has 0 aromatic carbocycles. The third-order valence-electron chi connectivity index (χ3n) is 2.59. The van der Waals surface area contributed by atoms with Crippen molar-refractivity contribution in [2.24, 2.45) is 0 Å². The quantitative estimate of drug-likeness (QED) is 0.741. The Balaban J connectivity index is 2.19. The van der Waals surface area contributed by atoms with Gasteiger partial charge in [0.2, 0.25) is 0 Å². The van der Waals surface area contributed by atoms with Crippen LogP contribution >= 0.6 is 0 Å². The fraction of sp³-hybridized carbons (Fsp3) is 0.500. The highest BCUT2D eigenvalue weighted by Gasteiger charge is 2.19. The molecular weight excluding hydrogens is 210 g/mol. The first-order valence-corrected chi connectivity index (χ1v) is 5.15. The van der Waals surface area contributed by atoms with E-state index >= 15 is 0 Å². The van der Waals surface area contributed by atoms with Crippen molar-refractivity contribution in [1.29, 1.82) is 0 Å². The lowest BCUT2D eigenvalue weighted by Gasteiger charge is -2.30. The molecular formula is C10H13N3O3. The summed E-state index contributed by atoms with van der Waals surface area (Å²) in [6, 6.07) is 1.43. The maximum absolute atomic E-state index is 10.7. The average molecular weight is 223 g/mol. The van der Waals surface area contributed by atoms with Gasteiger partial charge in [-0.3, -0.25) is 0 Å². The molecule has 86 valence electrons. The number of hydrogen-bond acceptors (Lipinski definition) is 5. The molecule has 1 atom stereocenters. The van der Waals surface area contributed by atoms with E-state index in [0.29, 0.717) is 12.4 Å². The number of carbonyl (C=O) groups is 1. The van der Waals surface area contributed by atoms with Crippen LogP contribution in [-0.2, 0) is 0 Å². The predicted octanol–water partition coefficient (Wildman–Crippen LogP) is 0.136. The molecule has 16 heavy (non-hydrogen) atoms. The second-order valence-electron chi connectivity index (χ2n) is 3.81. The second kappa shape index (κ2) is 4.44. The number of aromatic nitrogens is 2. The van der Waals surface area contributed by atoms with E-state index in [-0.39, 0.29) is 11.8 Å². The minimum Gasteiger partial charge on any atom is -0.477 e. The number of aliphatic hydroxyl groups excluding tert-OH is 1. The van der Waals surface area contributed by atoms with Gasteiger partial charge in [0.1, 0.15) is 12.1 Å². The third-order valence-corrected chi connectivity index (χ3v) is 2.59. The van der Waals surface area contributed by atoms with E-state index in [0.717, 1.165) is 19.4 Å². The number of carboxylic acids is 1. The van der Waals surface area contributed by atoms with Crippen molar-refractivity contribution in [1.82, 2.24) is 9.97 Å². The summed E-state index contributed by atoms with van der Waals surface area (Å²) in [4.78, 5) is 20.3. The maximum atomic E-state index is 10.7. The summed E-state index contributed by atoms with van der Waals surface area (Å²) >= 11 is 0. The predicted molar refractivity (Wildman–Crippen MR) is 56.4 cm³/mol. The monoisotopic (exact) mass is 223 g/mol. The number of rotatable bonds is 2. The lowest BCUT2D eigenvalue weighted by molar-refractivity contribution is 0.0690. The molecule has 2 rings (SSSR count). The molecule has 1 fully saturated rings. The molecule has 0 radical (unpaired) electrons. The fourth-order valence-electron chi connectivity index (χ4n) is 1.80. The Hall–Kier alpha value is -1.69. The second-order valence-corrected chi connectivity index (χ2v) is 3.81. The number of hydrogen-bond donors (Lipinski definition) is 2. The van der Waals surface area contributed by atoms with E-state index in [4.69, 9.17) is 5.11 Å². The number of aliphatic hydroxyl groups is 1. The lowest BCUT2D eigenvalue weighted by Crippen LogP contribution is -2.38. The summed E-state index contributed by atoms with van der Waals surface area (Å²) in [5, 5.41) is 18.3. The zero-order chi connectivity index (χ0) is 11.5. The smallest absolute Gasteiger partial charge is 0.354 e. The normalized spacial score (nSPS) is 20.8. The van der Waals surface area contributed by atoms with Crippen molar-refractivity contribution in [3.63, 3.8) is 0 Å². The highest BCUT2D eigenvalue weighted by Crippen LogP contribution is 2.17. The number of piperidine rings is 1. The molecule has 2 heterocycles. The molecule has 6 heteroatoms. The fourth-order valence-corrected chi connectivity index (χ4v) is 1.80. The van der Waals surface area contributed by atoms with Crippen molar-refractivity contribution in [2.75, 3.05) is 18.0 Å². The van der Waals surface area contributed by atoms with Crippen molar-refractivity contribution < 1.29 is 15.0 Å². The molecule has 0 aliphatic carbocycles. The van der Waals surface area contributed by atoms with Crippen LogP contribution in [-0.4, -0.2) is 45.3 Å². The molecule has 1 aromatic heterocycles. The molecule has 0 bridgehead atoms. The van der Waals surface area contributed by atoms with Crippen LogP contribution in [0.1, 0.15) is 23.3 Å². The molecule has 0 spiro atoms. The number of β-amino-alcohol motifs (C(OH)–C–C–N with tert-alkyl or cyclic N) is 1. The van der Waals surface area contributed by atoms with Gasteiger partial charge in [0, 0.05) is 19.2 Å². The van der Waals surface area contributed by atoms with Crippen molar-refractivity contribution in [3.8, 4) is 0 Å². The van der Waals surface area contributed by atoms with Gasteiger partial charge in [-0.15, -0.1) is 0 Å². The van der Waals surface area contributed by atoms with Gasteiger partial charge in [0.25, 0.3) is 0 Å². The van der Waals surface area contributed by atoms with Gasteiger partial charge in [0.15, 0.2) is 5.69 Å². The Kier molecular flexibility index (Phi) is 3.00. The van der Waals surface area contributed by atoms with Crippen molar-refractivity contribution in [3.05, 3.63) is 18.1 Å². The van der Waals surface area contributed by atoms with Gasteiger partial charge in [-0.2, -0.15) is 0 Å². The number of aromatic carboxylic acids is 1. The minimum atomic E-state index is -1.07. The highest BCUT2D eigenvalue weighted by atomic mass is 16.4. The van der Waals surface area contributed by atoms with Gasteiger partial charge < -0.3 is 15.1 Å². The summed E-state index contributed by atoms with van der Waals surface area (Å²) in [7, 11) is 0. The largest absolute Gasteiger partial charge is 0.477 e. The number of nitrogens with zero attached hydrogens (tertiary/aromatic N) is 3. The average Bonchev–Trinajstić information content (AvgIpc) is 2.29. The van der Waals surface area contributed by atoms with Crippen molar-refractivity contribution in [2.45, 2.75) is 18.9 Å². The third kappa shape index (κ3) is 2.27. The topological polar surface area (TPSA) is 86.5 Å². The van der Waals surface area contributed by atoms with Gasteiger partial charge in [-0.1, -0.05) is 0 Å². The Morgan fingerprint density at radius 3 is 3.00 bits per heavy atom. The molecule has 1 aliphatic heterocycles. The SMILES string of the molecule is O=C(O)c1cc(N2CCCC(O)C2)ncn1. The van der Waals surface area contributed by atoms with Gasteiger partial charge in [0.05, 0.1) is 6.10 Å². The van der Waals surface area contributed by atoms with Crippen LogP contribution in [0.25, 0.3) is 0 Å². The lowest BCUT2D eigenvalue weighted by atomic mass is 10.1. The van der Waals surface area contributed by atoms with E-state index in [1.54, 1.807) is 0 Å². The summed E-state index contributed by atoms with van der Waals surface area (Å²) in [5.74, 6) is -0.507. The van der Waals surface area contributed by atoms with Crippen molar-refractivity contribution >= 4 is 11.8 Å². The van der Waals surface area contributed by atoms with Crippen LogP contribution in [0, 0.1) is 0 Å². The zero-order valence-corrected chi connectivity index (χ0v) is 8.70. The minimum absolute atomic E-state index is 0.0231. The molecule has 2 N–H and O–H groups in total. The highest BCUT2D eigenvalue weighted by molar-refractivity contribution is 5.86. The molecule has 1 saturated heterocycles. The summed E-state index contributed by atoms with van der Waals surface area (Å²) in [5.41, 5.74) is -0.0231. The molecule has 1 aromatic rings. The Morgan fingerprint density at radius 2 is 2.31 bits per heavy atom. The van der Waals surface area contributed by atoms with Crippen LogP contribution in [0.15, 0.2) is 12.4 Å². The maximum Gasteiger partial charge on any atom is 0.354 e. The van der Waals surface area contributed by atoms with Crippen LogP contribution in [0.2, 0.25) is 0 Å². The van der Waals surface area contributed by atoms with Crippen LogP contribution in [0.4, 0.5) is 5.82 Å². The summed E-state index contributed by atoms with van der Waals surface area (Å²) in [6.07, 6.45) is 2.54. The number of carboxylic acid groups (broad SMARTS) is 1. The first kappa shape index (κ1) is 10.8. The number of anilines is 1. The molecule has 0 amide bonds. The van der Waals surface area contributed by atoms with E-state index in [2.05, 4.69) is 9.97 Å². The van der Waals surface area contributed by atoms with Crippen LogP contribution in [0.3, 0.4) is 0 Å². The van der Waals surface area contributed by atoms with Crippen LogP contribution < -0.4 is 4.90 Å². The Labute approximate surface area is 92.6 Å². The first-order valence-electron chi connectivity index (χ1n) is 5.15. The molecule has 0 saturated carbocycles. The molecule has 1 unspecified atom stereocenters. The van der Waals surface area contributed by atoms with E-state index in [1.807, 2.05) is 4.90 Å². The van der Waals surface area contributed by atoms with E-state index in [9.17, 15) is 9.90 Å². The molecule has 6 nitrogen and oxygen atoms in total. The van der Waals surface area contributed by atoms with Gasteiger partial charge >= 0.3 is 5.97 Å². The Morgan fingerprint density at radius 1 is 1.50 bits per heavy atom.